The SMILES string of the molecule is [CH2]C[N+](C)(C)CCC. The summed E-state index contributed by atoms with van der Waals surface area (Å²) in [6, 6.07) is 0. The van der Waals surface area contributed by atoms with Crippen LogP contribution in [-0.4, -0.2) is 31.7 Å². The van der Waals surface area contributed by atoms with Crippen LogP contribution in [0.25, 0.3) is 0 Å². The van der Waals surface area contributed by atoms with E-state index in [1.807, 2.05) is 0 Å². The van der Waals surface area contributed by atoms with Gasteiger partial charge in [-0.15, -0.1) is 0 Å². The second-order valence-corrected chi connectivity index (χ2v) is 2.88. The van der Waals surface area contributed by atoms with E-state index in [2.05, 4.69) is 27.9 Å². The monoisotopic (exact) mass is 115 g/mol. The van der Waals surface area contributed by atoms with Crippen LogP contribution in [0.1, 0.15) is 13.3 Å². The van der Waals surface area contributed by atoms with E-state index < -0.39 is 0 Å². The molecule has 0 N–H and O–H groups in total. The van der Waals surface area contributed by atoms with E-state index in [9.17, 15) is 0 Å². The van der Waals surface area contributed by atoms with Gasteiger partial charge in [-0.05, 0) is 6.42 Å². The average Bonchev–Trinajstić information content (AvgIpc) is 1.67. The second kappa shape index (κ2) is 3.08. The van der Waals surface area contributed by atoms with Crippen LogP contribution >= 0.6 is 0 Å². The van der Waals surface area contributed by atoms with Crippen molar-refractivity contribution in [1.82, 2.24) is 0 Å². The van der Waals surface area contributed by atoms with Gasteiger partial charge < -0.3 is 4.48 Å². The Morgan fingerprint density at radius 1 is 1.38 bits per heavy atom. The summed E-state index contributed by atoms with van der Waals surface area (Å²) in [5, 5.41) is 0. The quantitative estimate of drug-likeness (QED) is 0.486. The van der Waals surface area contributed by atoms with Crippen molar-refractivity contribution in [2.24, 2.45) is 0 Å². The molecular weight excluding hydrogens is 98.1 g/mol. The maximum Gasteiger partial charge on any atom is 0.0784 e. The summed E-state index contributed by atoms with van der Waals surface area (Å²) in [4.78, 5) is 0. The van der Waals surface area contributed by atoms with Crippen LogP contribution in [0.5, 0.6) is 0 Å². The summed E-state index contributed by atoms with van der Waals surface area (Å²) in [7, 11) is 4.41. The van der Waals surface area contributed by atoms with E-state index in [1.165, 1.54) is 13.0 Å². The van der Waals surface area contributed by atoms with Crippen molar-refractivity contribution in [2.75, 3.05) is 27.2 Å². The van der Waals surface area contributed by atoms with Crippen molar-refractivity contribution in [3.05, 3.63) is 6.92 Å². The Morgan fingerprint density at radius 3 is 2.00 bits per heavy atom. The second-order valence-electron chi connectivity index (χ2n) is 2.88. The minimum Gasteiger partial charge on any atom is -0.328 e. The topological polar surface area (TPSA) is 0 Å². The zero-order valence-corrected chi connectivity index (χ0v) is 6.28. The van der Waals surface area contributed by atoms with E-state index in [-0.39, 0.29) is 0 Å². The fraction of sp³-hybridized carbons (Fsp3) is 0.857. The van der Waals surface area contributed by atoms with Crippen molar-refractivity contribution in [3.8, 4) is 0 Å². The molecular formula is C7H17N+. The van der Waals surface area contributed by atoms with Crippen molar-refractivity contribution in [1.29, 1.82) is 0 Å². The highest BCUT2D eigenvalue weighted by Gasteiger charge is 2.07. The smallest absolute Gasteiger partial charge is 0.0784 e. The Bertz CT molecular complexity index is 57.4. The van der Waals surface area contributed by atoms with Crippen LogP contribution < -0.4 is 0 Å². The Morgan fingerprint density at radius 2 is 1.88 bits per heavy atom. The molecule has 0 aromatic heterocycles. The summed E-state index contributed by atoms with van der Waals surface area (Å²) in [5.74, 6) is 0. The van der Waals surface area contributed by atoms with Gasteiger partial charge in [-0.3, -0.25) is 0 Å². The zero-order chi connectivity index (χ0) is 6.62. The average molecular weight is 115 g/mol. The van der Waals surface area contributed by atoms with Crippen molar-refractivity contribution in [2.45, 2.75) is 13.3 Å². The molecule has 0 fully saturated rings. The summed E-state index contributed by atoms with van der Waals surface area (Å²) in [6.45, 7) is 8.29. The third-order valence-electron chi connectivity index (χ3n) is 1.43. The van der Waals surface area contributed by atoms with Gasteiger partial charge in [0.05, 0.1) is 27.2 Å². The minimum absolute atomic E-state index is 0.994. The molecule has 0 aromatic rings. The number of nitrogens with zero attached hydrogens (tertiary/aromatic N) is 1. The van der Waals surface area contributed by atoms with Gasteiger partial charge in [0, 0.05) is 6.92 Å². The van der Waals surface area contributed by atoms with Crippen LogP contribution in [0.15, 0.2) is 0 Å². The molecule has 49 valence electrons. The lowest BCUT2D eigenvalue weighted by Crippen LogP contribution is -2.39. The molecule has 0 aliphatic rings. The number of rotatable bonds is 3. The van der Waals surface area contributed by atoms with Gasteiger partial charge in [0.1, 0.15) is 0 Å². The Hall–Kier alpha value is -0.0400. The normalized spacial score (nSPS) is 12.0. The molecule has 0 amide bonds. The van der Waals surface area contributed by atoms with Crippen molar-refractivity contribution < 1.29 is 4.48 Å². The molecule has 0 bridgehead atoms. The number of hydrogen-bond acceptors (Lipinski definition) is 0. The van der Waals surface area contributed by atoms with E-state index in [4.69, 9.17) is 0 Å². The summed E-state index contributed by atoms with van der Waals surface area (Å²) in [6.07, 6.45) is 1.25. The van der Waals surface area contributed by atoms with Gasteiger partial charge in [-0.2, -0.15) is 0 Å². The molecule has 8 heavy (non-hydrogen) atoms. The van der Waals surface area contributed by atoms with Crippen LogP contribution in [0.3, 0.4) is 0 Å². The molecule has 0 spiro atoms. The first kappa shape index (κ1) is 7.96. The highest BCUT2D eigenvalue weighted by molar-refractivity contribution is 4.33. The van der Waals surface area contributed by atoms with Gasteiger partial charge in [0.15, 0.2) is 0 Å². The van der Waals surface area contributed by atoms with Crippen molar-refractivity contribution >= 4 is 0 Å². The van der Waals surface area contributed by atoms with Gasteiger partial charge >= 0.3 is 0 Å². The highest BCUT2D eigenvalue weighted by atomic mass is 15.3. The fourth-order valence-electron chi connectivity index (χ4n) is 0.717. The Labute approximate surface area is 52.9 Å². The first-order chi connectivity index (χ1) is 3.62. The lowest BCUT2D eigenvalue weighted by molar-refractivity contribution is -0.885. The van der Waals surface area contributed by atoms with Gasteiger partial charge in [0.2, 0.25) is 0 Å². The molecule has 0 unspecified atom stereocenters. The number of quaternary nitrogens is 1. The summed E-state index contributed by atoms with van der Waals surface area (Å²) >= 11 is 0. The predicted molar refractivity (Wildman–Crippen MR) is 37.5 cm³/mol. The molecule has 0 rings (SSSR count). The predicted octanol–water partition coefficient (Wildman–Crippen LogP) is 1.31. The fourth-order valence-corrected chi connectivity index (χ4v) is 0.717. The van der Waals surface area contributed by atoms with Crippen LogP contribution in [-0.2, 0) is 0 Å². The molecule has 0 aromatic carbocycles. The molecule has 1 heteroatoms. The first-order valence-electron chi connectivity index (χ1n) is 3.23. The lowest BCUT2D eigenvalue weighted by atomic mass is 10.4. The van der Waals surface area contributed by atoms with E-state index in [0.717, 1.165) is 11.0 Å². The largest absolute Gasteiger partial charge is 0.328 e. The molecule has 0 aliphatic carbocycles. The third-order valence-corrected chi connectivity index (χ3v) is 1.43. The third kappa shape index (κ3) is 3.03. The molecule has 0 atom stereocenters. The van der Waals surface area contributed by atoms with Gasteiger partial charge in [-0.1, -0.05) is 6.92 Å². The van der Waals surface area contributed by atoms with Gasteiger partial charge in [0.25, 0.3) is 0 Å². The van der Waals surface area contributed by atoms with Crippen LogP contribution in [0, 0.1) is 6.92 Å². The van der Waals surface area contributed by atoms with E-state index in [0.29, 0.717) is 0 Å². The Balaban J connectivity index is 3.37. The molecule has 0 saturated carbocycles. The van der Waals surface area contributed by atoms with Crippen LogP contribution in [0.4, 0.5) is 0 Å². The van der Waals surface area contributed by atoms with E-state index >= 15 is 0 Å². The van der Waals surface area contributed by atoms with Crippen LogP contribution in [0.2, 0.25) is 0 Å². The number of hydrogen-bond donors (Lipinski definition) is 0. The molecule has 0 heterocycles. The maximum absolute atomic E-state index is 3.85. The molecule has 1 nitrogen and oxygen atoms in total. The zero-order valence-electron chi connectivity index (χ0n) is 6.28. The molecule has 0 saturated heterocycles. The summed E-state index contributed by atoms with van der Waals surface area (Å²) in [5.41, 5.74) is 0. The standard InChI is InChI=1S/C7H17N/c1-5-7-8(3,4)6-2/h2,5-7H2,1,3-4H3/q+1. The highest BCUT2D eigenvalue weighted by Crippen LogP contribution is 1.95. The maximum atomic E-state index is 3.85. The minimum atomic E-state index is 0.994. The van der Waals surface area contributed by atoms with Crippen molar-refractivity contribution in [3.63, 3.8) is 0 Å². The molecule has 1 radical (unpaired) electrons. The summed E-state index contributed by atoms with van der Waals surface area (Å²) < 4.78 is 1.05. The Kier molecular flexibility index (Phi) is 3.06. The first-order valence-corrected chi connectivity index (χ1v) is 3.23. The van der Waals surface area contributed by atoms with E-state index in [1.54, 1.807) is 0 Å². The van der Waals surface area contributed by atoms with Gasteiger partial charge in [-0.25, -0.2) is 0 Å². The lowest BCUT2D eigenvalue weighted by Gasteiger charge is -2.27. The molecule has 0 aliphatic heterocycles.